The lowest BCUT2D eigenvalue weighted by molar-refractivity contribution is -0.202. The molecule has 1 saturated heterocycles. The van der Waals surface area contributed by atoms with Gasteiger partial charge in [-0.2, -0.15) is 5.09 Å². The maximum atomic E-state index is 16.2. The number of aryl methyl sites for hydroxylation is 1. The molecule has 0 bridgehead atoms. The minimum atomic E-state index is -4.53. The number of para-hydroxylation sites is 1. The normalized spacial score (nSPS) is 27.0. The molecule has 40 heavy (non-hydrogen) atoms. The standard InChI is InChI=1S/C24H31FN5O9P/c1-13(2)37-20(32)14(3)29-40(35,39-16-9-7-6-8-10-16)36-11-24(25)21(33)23(5,34)22(38-24)30-12-26-17-18(30)27-15(4)28-19(17)31/h6-10,12-14,21-22,33-34H,11H2,1-5H3,(H,29,35)(H,27,28,31)/t14-,21+,22-,23-,24-,40?/m1/s1. The summed E-state index contributed by atoms with van der Waals surface area (Å²) in [7, 11) is -4.53. The summed E-state index contributed by atoms with van der Waals surface area (Å²) in [4.78, 5) is 35.2. The number of aliphatic hydroxyl groups excluding tert-OH is 1. The molecule has 1 aliphatic rings. The molecule has 2 aromatic heterocycles. The number of H-pyrrole nitrogens is 1. The third-order valence-corrected chi connectivity index (χ3v) is 7.65. The van der Waals surface area contributed by atoms with Crippen LogP contribution in [0.5, 0.6) is 5.75 Å². The summed E-state index contributed by atoms with van der Waals surface area (Å²) in [6.45, 7) is 6.03. The minimum absolute atomic E-state index is 0.0267. The van der Waals surface area contributed by atoms with Gasteiger partial charge in [0.15, 0.2) is 17.4 Å². The number of fused-ring (bicyclic) bond motifs is 1. The van der Waals surface area contributed by atoms with Gasteiger partial charge in [0.05, 0.1) is 12.4 Å². The molecule has 0 saturated carbocycles. The van der Waals surface area contributed by atoms with Crippen LogP contribution in [0.2, 0.25) is 0 Å². The zero-order valence-electron chi connectivity index (χ0n) is 22.4. The van der Waals surface area contributed by atoms with Gasteiger partial charge in [0.1, 0.15) is 35.9 Å². The number of imidazole rings is 1. The van der Waals surface area contributed by atoms with Crippen molar-refractivity contribution in [2.24, 2.45) is 0 Å². The van der Waals surface area contributed by atoms with E-state index in [-0.39, 0.29) is 22.7 Å². The van der Waals surface area contributed by atoms with E-state index in [2.05, 4.69) is 20.0 Å². The lowest BCUT2D eigenvalue weighted by atomic mass is 9.95. The molecule has 0 amide bonds. The van der Waals surface area contributed by atoms with E-state index in [1.807, 2.05) is 0 Å². The number of aromatic amines is 1. The molecule has 1 fully saturated rings. The minimum Gasteiger partial charge on any atom is -0.462 e. The zero-order chi connectivity index (χ0) is 29.5. The van der Waals surface area contributed by atoms with E-state index in [1.54, 1.807) is 32.0 Å². The number of benzene rings is 1. The number of nitrogens with one attached hydrogen (secondary N) is 2. The predicted octanol–water partition coefficient (Wildman–Crippen LogP) is 1.87. The second-order valence-electron chi connectivity index (χ2n) is 9.87. The van der Waals surface area contributed by atoms with Gasteiger partial charge in [-0.15, -0.1) is 0 Å². The SMILES string of the molecule is Cc1nc2c(ncn2[C@@H]2O[C@](F)(COP(=O)(N[C@H](C)C(=O)OC(C)C)Oc3ccccc3)[C@@H](O)[C@@]2(C)O)c(=O)[nH]1. The summed E-state index contributed by atoms with van der Waals surface area (Å²) in [5.41, 5.74) is -2.99. The van der Waals surface area contributed by atoms with Gasteiger partial charge in [-0.05, 0) is 46.8 Å². The number of rotatable bonds is 10. The Labute approximate surface area is 228 Å². The van der Waals surface area contributed by atoms with Crippen LogP contribution < -0.4 is 15.2 Å². The van der Waals surface area contributed by atoms with Crippen LogP contribution in [0.1, 0.15) is 39.7 Å². The number of alkyl halides is 1. The third-order valence-electron chi connectivity index (χ3n) is 6.03. The van der Waals surface area contributed by atoms with Crippen molar-refractivity contribution >= 4 is 24.9 Å². The van der Waals surface area contributed by atoms with Crippen LogP contribution >= 0.6 is 7.75 Å². The second kappa shape index (κ2) is 11.0. The number of carbonyl (C=O) groups is 1. The highest BCUT2D eigenvalue weighted by Crippen LogP contribution is 2.50. The molecule has 14 nitrogen and oxygen atoms in total. The van der Waals surface area contributed by atoms with E-state index in [9.17, 15) is 24.4 Å². The molecule has 1 aliphatic heterocycles. The number of aliphatic hydroxyl groups is 2. The highest BCUT2D eigenvalue weighted by atomic mass is 31.2. The molecular formula is C24H31FN5O9P. The van der Waals surface area contributed by atoms with E-state index < -0.39 is 61.8 Å². The van der Waals surface area contributed by atoms with Crippen LogP contribution in [-0.2, 0) is 23.4 Å². The van der Waals surface area contributed by atoms with Gasteiger partial charge in [0.2, 0.25) is 0 Å². The van der Waals surface area contributed by atoms with Crippen molar-refractivity contribution in [3.8, 4) is 5.75 Å². The van der Waals surface area contributed by atoms with Crippen LogP contribution in [0, 0.1) is 6.92 Å². The predicted molar refractivity (Wildman–Crippen MR) is 138 cm³/mol. The average molecular weight is 584 g/mol. The van der Waals surface area contributed by atoms with Crippen molar-refractivity contribution in [3.63, 3.8) is 0 Å². The Morgan fingerprint density at radius 1 is 1.32 bits per heavy atom. The first-order valence-electron chi connectivity index (χ1n) is 12.3. The summed E-state index contributed by atoms with van der Waals surface area (Å²) in [6, 6.07) is 6.58. The first-order chi connectivity index (χ1) is 18.6. The van der Waals surface area contributed by atoms with Crippen molar-refractivity contribution < 1.29 is 42.5 Å². The fraction of sp³-hybridized carbons (Fsp3) is 0.500. The fourth-order valence-electron chi connectivity index (χ4n) is 4.11. The van der Waals surface area contributed by atoms with Crippen LogP contribution in [-0.4, -0.2) is 72.0 Å². The molecular weight excluding hydrogens is 552 g/mol. The number of ether oxygens (including phenoxy) is 2. The maximum Gasteiger partial charge on any atom is 0.459 e. The average Bonchev–Trinajstić information content (AvgIpc) is 3.36. The first-order valence-corrected chi connectivity index (χ1v) is 13.9. The molecule has 0 aliphatic carbocycles. The monoisotopic (exact) mass is 583 g/mol. The van der Waals surface area contributed by atoms with Gasteiger partial charge in [-0.1, -0.05) is 18.2 Å². The van der Waals surface area contributed by atoms with Gasteiger partial charge in [-0.3, -0.25) is 18.7 Å². The lowest BCUT2D eigenvalue weighted by Crippen LogP contribution is -2.49. The van der Waals surface area contributed by atoms with Gasteiger partial charge < -0.3 is 29.2 Å². The summed E-state index contributed by atoms with van der Waals surface area (Å²) in [6.07, 6.45) is -3.22. The highest BCUT2D eigenvalue weighted by Gasteiger charge is 2.64. The summed E-state index contributed by atoms with van der Waals surface area (Å²) in [5.74, 6) is -3.61. The quantitative estimate of drug-likeness (QED) is 0.201. The lowest BCUT2D eigenvalue weighted by Gasteiger charge is -2.29. The topological polar surface area (TPSA) is 187 Å². The maximum absolute atomic E-state index is 16.2. The summed E-state index contributed by atoms with van der Waals surface area (Å²) < 4.78 is 52.4. The Morgan fingerprint density at radius 2 is 2.00 bits per heavy atom. The number of carbonyl (C=O) groups excluding carboxylic acids is 1. The number of hydrogen-bond donors (Lipinski definition) is 4. The van der Waals surface area contributed by atoms with Crippen molar-refractivity contribution in [1.29, 1.82) is 0 Å². The van der Waals surface area contributed by atoms with Crippen molar-refractivity contribution in [2.75, 3.05) is 6.61 Å². The molecule has 0 radical (unpaired) electrons. The molecule has 3 aromatic rings. The van der Waals surface area contributed by atoms with Gasteiger partial charge in [-0.25, -0.2) is 18.9 Å². The Kier molecular flexibility index (Phi) is 8.18. The molecule has 4 N–H and O–H groups in total. The fourth-order valence-corrected chi connectivity index (χ4v) is 5.61. The summed E-state index contributed by atoms with van der Waals surface area (Å²) >= 11 is 0. The van der Waals surface area contributed by atoms with Crippen LogP contribution in [0.25, 0.3) is 11.2 Å². The Bertz CT molecular complexity index is 1480. The number of halogens is 1. The van der Waals surface area contributed by atoms with Crippen LogP contribution in [0.4, 0.5) is 4.39 Å². The van der Waals surface area contributed by atoms with Crippen molar-refractivity contribution in [1.82, 2.24) is 24.6 Å². The van der Waals surface area contributed by atoms with E-state index in [1.165, 1.54) is 26.0 Å². The Hall–Kier alpha value is -3.20. The third kappa shape index (κ3) is 5.94. The number of aromatic nitrogens is 4. The molecule has 6 atom stereocenters. The van der Waals surface area contributed by atoms with Crippen molar-refractivity contribution in [2.45, 2.75) is 70.6 Å². The van der Waals surface area contributed by atoms with E-state index in [4.69, 9.17) is 18.5 Å². The van der Waals surface area contributed by atoms with Gasteiger partial charge >= 0.3 is 13.7 Å². The zero-order valence-corrected chi connectivity index (χ0v) is 23.3. The molecule has 218 valence electrons. The summed E-state index contributed by atoms with van der Waals surface area (Å²) in [5, 5.41) is 24.3. The molecule has 16 heteroatoms. The van der Waals surface area contributed by atoms with Crippen LogP contribution in [0.3, 0.4) is 0 Å². The number of esters is 1. The smallest absolute Gasteiger partial charge is 0.459 e. The van der Waals surface area contributed by atoms with E-state index in [0.717, 1.165) is 17.8 Å². The molecule has 1 unspecified atom stereocenters. The second-order valence-corrected chi connectivity index (χ2v) is 11.6. The van der Waals surface area contributed by atoms with Gasteiger partial charge in [0.25, 0.3) is 11.4 Å². The number of nitrogens with zero attached hydrogens (tertiary/aromatic N) is 3. The Morgan fingerprint density at radius 3 is 2.65 bits per heavy atom. The largest absolute Gasteiger partial charge is 0.462 e. The molecule has 0 spiro atoms. The molecule has 3 heterocycles. The number of hydrogen-bond acceptors (Lipinski definition) is 11. The van der Waals surface area contributed by atoms with Gasteiger partial charge in [0, 0.05) is 0 Å². The van der Waals surface area contributed by atoms with Crippen LogP contribution in [0.15, 0.2) is 41.5 Å². The molecule has 1 aromatic carbocycles. The highest BCUT2D eigenvalue weighted by molar-refractivity contribution is 7.52. The van der Waals surface area contributed by atoms with Crippen molar-refractivity contribution in [3.05, 3.63) is 52.8 Å². The first kappa shape index (κ1) is 29.8. The van der Waals surface area contributed by atoms with E-state index >= 15 is 4.39 Å². The Balaban J connectivity index is 1.61. The van der Waals surface area contributed by atoms with E-state index in [0.29, 0.717) is 0 Å². The molecule has 4 rings (SSSR count).